The number of carboxylic acid groups (broad SMARTS) is 1. The molecular weight excluding hydrogens is 477 g/mol. The Morgan fingerprint density at radius 3 is 2.42 bits per heavy atom. The van der Waals surface area contributed by atoms with Crippen LogP contribution in [-0.2, 0) is 11.0 Å². The van der Waals surface area contributed by atoms with Crippen molar-refractivity contribution in [1.29, 1.82) is 0 Å². The number of hydrogen-bond donors (Lipinski definition) is 2. The molecule has 1 aromatic heterocycles. The number of ether oxygens (including phenoxy) is 2. The van der Waals surface area contributed by atoms with Gasteiger partial charge in [-0.3, -0.25) is 4.79 Å². The summed E-state index contributed by atoms with van der Waals surface area (Å²) in [5.41, 5.74) is 0.170. The molecule has 0 unspecified atom stereocenters. The van der Waals surface area contributed by atoms with Crippen molar-refractivity contribution >= 4 is 28.5 Å². The van der Waals surface area contributed by atoms with E-state index in [0.29, 0.717) is 22.2 Å². The normalized spacial score (nSPS) is 11.2. The summed E-state index contributed by atoms with van der Waals surface area (Å²) in [6.07, 6.45) is -4.62. The molecule has 0 aliphatic rings. The minimum atomic E-state index is -4.62. The first kappa shape index (κ1) is 24.5. The fourth-order valence-corrected chi connectivity index (χ4v) is 3.62. The lowest BCUT2D eigenvalue weighted by atomic mass is 10.0. The number of benzene rings is 3. The monoisotopic (exact) mass is 496 g/mol. The SMILES string of the molecule is COc1cc(-c2cc(C(=O)O)c3ccccc3n2)ccc1OCC(=O)Nc1ccccc1C(F)(F)F. The van der Waals surface area contributed by atoms with Crippen molar-refractivity contribution < 1.29 is 37.3 Å². The molecule has 4 aromatic rings. The number of fused-ring (bicyclic) bond motifs is 1. The van der Waals surface area contributed by atoms with E-state index >= 15 is 0 Å². The fourth-order valence-electron chi connectivity index (χ4n) is 3.62. The smallest absolute Gasteiger partial charge is 0.418 e. The highest BCUT2D eigenvalue weighted by Crippen LogP contribution is 2.35. The summed E-state index contributed by atoms with van der Waals surface area (Å²) in [6, 6.07) is 17.6. The summed E-state index contributed by atoms with van der Waals surface area (Å²) in [7, 11) is 1.38. The van der Waals surface area contributed by atoms with E-state index in [9.17, 15) is 27.9 Å². The van der Waals surface area contributed by atoms with Gasteiger partial charge in [-0.15, -0.1) is 0 Å². The second kappa shape index (κ2) is 9.95. The average molecular weight is 496 g/mol. The minimum Gasteiger partial charge on any atom is -0.493 e. The van der Waals surface area contributed by atoms with Crippen molar-refractivity contribution in [3.8, 4) is 22.8 Å². The van der Waals surface area contributed by atoms with Crippen molar-refractivity contribution in [3.05, 3.63) is 83.9 Å². The zero-order chi connectivity index (χ0) is 25.9. The standard InChI is InChI=1S/C26H19F3N2O5/c1-35-23-12-15(21-13-17(25(33)34)16-6-2-4-8-19(16)30-21)10-11-22(23)36-14-24(32)31-20-9-5-3-7-18(20)26(27,28)29/h2-13H,14H2,1H3,(H,31,32)(H,33,34). The lowest BCUT2D eigenvalue weighted by molar-refractivity contribution is -0.137. The van der Waals surface area contributed by atoms with Gasteiger partial charge in [-0.25, -0.2) is 9.78 Å². The molecule has 0 saturated carbocycles. The molecule has 1 heterocycles. The number of carbonyl (C=O) groups excluding carboxylic acids is 1. The number of hydrogen-bond acceptors (Lipinski definition) is 5. The lowest BCUT2D eigenvalue weighted by Gasteiger charge is -2.15. The highest BCUT2D eigenvalue weighted by atomic mass is 19.4. The van der Waals surface area contributed by atoms with Gasteiger partial charge in [0.05, 0.1) is 35.1 Å². The maximum Gasteiger partial charge on any atom is 0.418 e. The molecule has 0 atom stereocenters. The van der Waals surface area contributed by atoms with Crippen LogP contribution in [0.5, 0.6) is 11.5 Å². The Labute approximate surface area is 203 Å². The molecule has 1 amide bonds. The van der Waals surface area contributed by atoms with Crippen LogP contribution in [-0.4, -0.2) is 35.7 Å². The van der Waals surface area contributed by atoms with Crippen LogP contribution in [0.25, 0.3) is 22.2 Å². The maximum atomic E-state index is 13.1. The summed E-state index contributed by atoms with van der Waals surface area (Å²) < 4.78 is 50.2. The second-order valence-electron chi connectivity index (χ2n) is 7.62. The number of anilines is 1. The van der Waals surface area contributed by atoms with E-state index in [1.807, 2.05) is 0 Å². The van der Waals surface area contributed by atoms with Crippen LogP contribution in [0.4, 0.5) is 18.9 Å². The lowest BCUT2D eigenvalue weighted by Crippen LogP contribution is -2.22. The fraction of sp³-hybridized carbons (Fsp3) is 0.115. The molecule has 0 radical (unpaired) electrons. The van der Waals surface area contributed by atoms with E-state index in [-0.39, 0.29) is 22.7 Å². The third kappa shape index (κ3) is 5.22. The van der Waals surface area contributed by atoms with Crippen molar-refractivity contribution in [2.24, 2.45) is 0 Å². The molecule has 36 heavy (non-hydrogen) atoms. The van der Waals surface area contributed by atoms with Gasteiger partial charge in [-0.2, -0.15) is 13.2 Å². The van der Waals surface area contributed by atoms with Gasteiger partial charge in [-0.05, 0) is 42.5 Å². The number of pyridine rings is 1. The van der Waals surface area contributed by atoms with Crippen LogP contribution in [0, 0.1) is 0 Å². The molecule has 0 aliphatic carbocycles. The first-order valence-corrected chi connectivity index (χ1v) is 10.6. The number of nitrogens with one attached hydrogen (secondary N) is 1. The first-order chi connectivity index (χ1) is 17.2. The van der Waals surface area contributed by atoms with Gasteiger partial charge >= 0.3 is 12.1 Å². The molecule has 0 fully saturated rings. The summed E-state index contributed by atoms with van der Waals surface area (Å²) in [4.78, 5) is 28.6. The van der Waals surface area contributed by atoms with E-state index in [0.717, 1.165) is 12.1 Å². The van der Waals surface area contributed by atoms with Crippen LogP contribution in [0.2, 0.25) is 0 Å². The van der Waals surface area contributed by atoms with Gasteiger partial charge < -0.3 is 19.9 Å². The number of alkyl halides is 3. The van der Waals surface area contributed by atoms with E-state index in [4.69, 9.17) is 9.47 Å². The number of aromatic nitrogens is 1. The number of aromatic carboxylic acids is 1. The number of methoxy groups -OCH3 is 1. The molecule has 4 rings (SSSR count). The summed E-state index contributed by atoms with van der Waals surface area (Å²) in [6.45, 7) is -0.570. The van der Waals surface area contributed by atoms with Crippen LogP contribution in [0.3, 0.4) is 0 Å². The third-order valence-corrected chi connectivity index (χ3v) is 5.27. The van der Waals surface area contributed by atoms with Crippen LogP contribution in [0.15, 0.2) is 72.8 Å². The van der Waals surface area contributed by atoms with Gasteiger partial charge in [0.25, 0.3) is 5.91 Å². The molecule has 0 aliphatic heterocycles. The zero-order valence-corrected chi connectivity index (χ0v) is 18.8. The summed E-state index contributed by atoms with van der Waals surface area (Å²) in [5.74, 6) is -1.50. The van der Waals surface area contributed by atoms with Gasteiger partial charge in [-0.1, -0.05) is 30.3 Å². The summed E-state index contributed by atoms with van der Waals surface area (Å²) in [5, 5.41) is 12.3. The summed E-state index contributed by atoms with van der Waals surface area (Å²) >= 11 is 0. The Kier molecular flexibility index (Phi) is 6.77. The molecule has 3 aromatic carbocycles. The van der Waals surface area contributed by atoms with Crippen molar-refractivity contribution in [1.82, 2.24) is 4.98 Å². The quantitative estimate of drug-likeness (QED) is 0.344. The van der Waals surface area contributed by atoms with Gasteiger partial charge in [0, 0.05) is 10.9 Å². The average Bonchev–Trinajstić information content (AvgIpc) is 2.86. The largest absolute Gasteiger partial charge is 0.493 e. The molecule has 0 bridgehead atoms. The Hall–Kier alpha value is -4.60. The Bertz CT molecular complexity index is 1450. The highest BCUT2D eigenvalue weighted by Gasteiger charge is 2.33. The molecule has 184 valence electrons. The van der Waals surface area contributed by atoms with E-state index < -0.39 is 30.2 Å². The Morgan fingerprint density at radius 1 is 0.972 bits per heavy atom. The molecular formula is C26H19F3N2O5. The number of rotatable bonds is 7. The van der Waals surface area contributed by atoms with Crippen LogP contribution < -0.4 is 14.8 Å². The van der Waals surface area contributed by atoms with Crippen molar-refractivity contribution in [3.63, 3.8) is 0 Å². The zero-order valence-electron chi connectivity index (χ0n) is 18.8. The Morgan fingerprint density at radius 2 is 1.69 bits per heavy atom. The molecule has 0 spiro atoms. The number of amides is 1. The van der Waals surface area contributed by atoms with Crippen LogP contribution in [0.1, 0.15) is 15.9 Å². The second-order valence-corrected chi connectivity index (χ2v) is 7.62. The number of para-hydroxylation sites is 2. The van der Waals surface area contributed by atoms with Gasteiger partial charge in [0.1, 0.15) is 0 Å². The number of carboxylic acids is 1. The van der Waals surface area contributed by atoms with Gasteiger partial charge in [0.2, 0.25) is 0 Å². The topological polar surface area (TPSA) is 97.8 Å². The predicted molar refractivity (Wildman–Crippen MR) is 126 cm³/mol. The van der Waals surface area contributed by atoms with E-state index in [1.54, 1.807) is 36.4 Å². The van der Waals surface area contributed by atoms with E-state index in [2.05, 4.69) is 10.3 Å². The number of nitrogens with zero attached hydrogens (tertiary/aromatic N) is 1. The third-order valence-electron chi connectivity index (χ3n) is 5.27. The molecule has 10 heteroatoms. The van der Waals surface area contributed by atoms with Crippen LogP contribution >= 0.6 is 0 Å². The number of carbonyl (C=O) groups is 2. The molecule has 0 saturated heterocycles. The molecule has 7 nitrogen and oxygen atoms in total. The number of halogens is 3. The first-order valence-electron chi connectivity index (χ1n) is 10.6. The maximum absolute atomic E-state index is 13.1. The highest BCUT2D eigenvalue weighted by molar-refractivity contribution is 6.03. The molecule has 2 N–H and O–H groups in total. The van der Waals surface area contributed by atoms with Crippen molar-refractivity contribution in [2.75, 3.05) is 19.0 Å². The predicted octanol–water partition coefficient (Wildman–Crippen LogP) is 5.64. The van der Waals surface area contributed by atoms with E-state index in [1.165, 1.54) is 31.4 Å². The van der Waals surface area contributed by atoms with Crippen molar-refractivity contribution in [2.45, 2.75) is 6.18 Å². The Balaban J connectivity index is 1.55. The van der Waals surface area contributed by atoms with Gasteiger partial charge in [0.15, 0.2) is 18.1 Å². The minimum absolute atomic E-state index is 0.0886.